The lowest BCUT2D eigenvalue weighted by atomic mass is 10.2. The number of carbonyl (C=O) groups excluding carboxylic acids is 1. The molecule has 1 heterocycles. The highest BCUT2D eigenvalue weighted by molar-refractivity contribution is 9.10. The molecule has 0 saturated heterocycles. The number of carbonyl (C=O) groups is 1. The Kier molecular flexibility index (Phi) is 5.19. The van der Waals surface area contributed by atoms with E-state index in [1.165, 1.54) is 11.3 Å². The summed E-state index contributed by atoms with van der Waals surface area (Å²) in [6.07, 6.45) is 0. The van der Waals surface area contributed by atoms with Gasteiger partial charge >= 0.3 is 0 Å². The van der Waals surface area contributed by atoms with Crippen molar-refractivity contribution >= 4 is 44.1 Å². The maximum atomic E-state index is 12.2. The third kappa shape index (κ3) is 4.18. The fourth-order valence-electron chi connectivity index (χ4n) is 1.70. The van der Waals surface area contributed by atoms with Crippen molar-refractivity contribution in [2.45, 2.75) is 26.4 Å². The van der Waals surface area contributed by atoms with E-state index in [9.17, 15) is 4.79 Å². The van der Waals surface area contributed by atoms with E-state index in [1.54, 1.807) is 0 Å². The first-order chi connectivity index (χ1) is 9.97. The van der Waals surface area contributed by atoms with Crippen LogP contribution in [-0.4, -0.2) is 16.9 Å². The normalized spacial score (nSPS) is 10.7. The number of halogens is 1. The van der Waals surface area contributed by atoms with Crippen molar-refractivity contribution in [2.24, 2.45) is 0 Å². The molecule has 112 valence electrons. The number of aromatic nitrogens is 1. The molecule has 2 rings (SSSR count). The minimum Gasteiger partial charge on any atom is -0.382 e. The molecule has 0 radical (unpaired) electrons. The first-order valence-electron chi connectivity index (χ1n) is 6.52. The summed E-state index contributed by atoms with van der Waals surface area (Å²) in [6, 6.07) is 7.99. The zero-order valence-corrected chi connectivity index (χ0v) is 14.2. The maximum absolute atomic E-state index is 12.2. The number of amides is 1. The molecule has 0 atom stereocenters. The van der Waals surface area contributed by atoms with Crippen molar-refractivity contribution in [3.05, 3.63) is 39.2 Å². The van der Waals surface area contributed by atoms with Gasteiger partial charge in [-0.2, -0.15) is 0 Å². The predicted molar refractivity (Wildman–Crippen MR) is 90.6 cm³/mol. The van der Waals surface area contributed by atoms with E-state index >= 15 is 0 Å². The van der Waals surface area contributed by atoms with Gasteiger partial charge in [0, 0.05) is 17.1 Å². The van der Waals surface area contributed by atoms with Crippen LogP contribution in [0.25, 0.3) is 0 Å². The smallest absolute Gasteiger partial charge is 0.265 e. The molecule has 7 heteroatoms. The number of rotatable bonds is 5. The third-order valence-corrected chi connectivity index (χ3v) is 4.44. The van der Waals surface area contributed by atoms with Crippen LogP contribution in [0.5, 0.6) is 0 Å². The second kappa shape index (κ2) is 6.91. The second-order valence-corrected chi connectivity index (χ2v) is 6.66. The van der Waals surface area contributed by atoms with E-state index in [4.69, 9.17) is 5.73 Å². The average molecular weight is 369 g/mol. The summed E-state index contributed by atoms with van der Waals surface area (Å²) in [5.41, 5.74) is 6.81. The second-order valence-electron chi connectivity index (χ2n) is 4.81. The molecular formula is C14H17BrN4OS. The summed E-state index contributed by atoms with van der Waals surface area (Å²) in [7, 11) is 0. The Hall–Kier alpha value is -1.60. The topological polar surface area (TPSA) is 80.0 Å². The van der Waals surface area contributed by atoms with Crippen LogP contribution in [0.15, 0.2) is 28.7 Å². The Bertz CT molecular complexity index is 642. The Morgan fingerprint density at radius 1 is 1.43 bits per heavy atom. The molecule has 0 spiro atoms. The summed E-state index contributed by atoms with van der Waals surface area (Å²) < 4.78 is 0.963. The van der Waals surface area contributed by atoms with Gasteiger partial charge in [0.05, 0.1) is 0 Å². The maximum Gasteiger partial charge on any atom is 0.265 e. The monoisotopic (exact) mass is 368 g/mol. The molecule has 0 aliphatic heterocycles. The summed E-state index contributed by atoms with van der Waals surface area (Å²) in [6.45, 7) is 4.44. The van der Waals surface area contributed by atoms with E-state index in [0.29, 0.717) is 16.6 Å². The van der Waals surface area contributed by atoms with Crippen LogP contribution in [0.3, 0.4) is 0 Å². The molecule has 0 unspecified atom stereocenters. The standard InChI is InChI=1S/C14H17BrN4OS/c1-8(2)18-14-19-12(16)11(21-14)13(20)17-7-9-5-3-4-6-10(9)15/h3-6,8H,7,16H2,1-2H3,(H,17,20)(H,18,19). The SMILES string of the molecule is CC(C)Nc1nc(N)c(C(=O)NCc2ccccc2Br)s1. The van der Waals surface area contributed by atoms with E-state index in [-0.39, 0.29) is 17.8 Å². The van der Waals surface area contributed by atoms with Crippen LogP contribution in [0, 0.1) is 0 Å². The van der Waals surface area contributed by atoms with Gasteiger partial charge in [0.2, 0.25) is 0 Å². The van der Waals surface area contributed by atoms with Gasteiger partial charge < -0.3 is 16.4 Å². The lowest BCUT2D eigenvalue weighted by molar-refractivity contribution is 0.0955. The molecule has 21 heavy (non-hydrogen) atoms. The summed E-state index contributed by atoms with van der Waals surface area (Å²) in [5.74, 6) is 0.0466. The van der Waals surface area contributed by atoms with Crippen LogP contribution in [0.1, 0.15) is 29.1 Å². The number of nitrogens with one attached hydrogen (secondary N) is 2. The molecule has 2 aromatic rings. The van der Waals surface area contributed by atoms with Crippen molar-refractivity contribution in [2.75, 3.05) is 11.1 Å². The fourth-order valence-corrected chi connectivity index (χ4v) is 3.07. The Morgan fingerprint density at radius 3 is 2.81 bits per heavy atom. The van der Waals surface area contributed by atoms with Gasteiger partial charge in [-0.05, 0) is 25.5 Å². The molecule has 0 saturated carbocycles. The highest BCUT2D eigenvalue weighted by Gasteiger charge is 2.16. The van der Waals surface area contributed by atoms with Crippen LogP contribution in [0.2, 0.25) is 0 Å². The summed E-state index contributed by atoms with van der Waals surface area (Å²) >= 11 is 4.72. The summed E-state index contributed by atoms with van der Waals surface area (Å²) in [5, 5.41) is 6.66. The van der Waals surface area contributed by atoms with Gasteiger partial charge in [0.25, 0.3) is 5.91 Å². The lowest BCUT2D eigenvalue weighted by Crippen LogP contribution is -2.22. The predicted octanol–water partition coefficient (Wildman–Crippen LogP) is 3.24. The number of nitrogen functional groups attached to an aromatic ring is 1. The zero-order chi connectivity index (χ0) is 15.4. The molecule has 1 aromatic carbocycles. The molecule has 0 aliphatic carbocycles. The van der Waals surface area contributed by atoms with Gasteiger partial charge in [0.15, 0.2) is 5.13 Å². The van der Waals surface area contributed by atoms with E-state index < -0.39 is 0 Å². The molecular weight excluding hydrogens is 352 g/mol. The highest BCUT2D eigenvalue weighted by atomic mass is 79.9. The number of anilines is 2. The number of hydrogen-bond donors (Lipinski definition) is 3. The van der Waals surface area contributed by atoms with Crippen LogP contribution >= 0.6 is 27.3 Å². The highest BCUT2D eigenvalue weighted by Crippen LogP contribution is 2.25. The molecule has 0 bridgehead atoms. The van der Waals surface area contributed by atoms with Gasteiger partial charge in [-0.3, -0.25) is 4.79 Å². The van der Waals surface area contributed by atoms with Crippen LogP contribution < -0.4 is 16.4 Å². The van der Waals surface area contributed by atoms with E-state index in [1.807, 2.05) is 38.1 Å². The number of nitrogens with zero attached hydrogens (tertiary/aromatic N) is 1. The number of hydrogen-bond acceptors (Lipinski definition) is 5. The fraction of sp³-hybridized carbons (Fsp3) is 0.286. The largest absolute Gasteiger partial charge is 0.382 e. The van der Waals surface area contributed by atoms with Gasteiger partial charge in [-0.25, -0.2) is 4.98 Å². The average Bonchev–Trinajstić information content (AvgIpc) is 2.77. The first kappa shape index (κ1) is 15.8. The molecule has 0 aliphatic rings. The number of benzene rings is 1. The molecule has 5 nitrogen and oxygen atoms in total. The third-order valence-electron chi connectivity index (χ3n) is 2.67. The Morgan fingerprint density at radius 2 is 2.14 bits per heavy atom. The molecule has 0 fully saturated rings. The van der Waals surface area contributed by atoms with Gasteiger partial charge in [-0.1, -0.05) is 45.5 Å². The van der Waals surface area contributed by atoms with Crippen molar-refractivity contribution in [1.82, 2.24) is 10.3 Å². The van der Waals surface area contributed by atoms with Gasteiger partial charge in [-0.15, -0.1) is 0 Å². The zero-order valence-electron chi connectivity index (χ0n) is 11.8. The van der Waals surface area contributed by atoms with Crippen LogP contribution in [-0.2, 0) is 6.54 Å². The van der Waals surface area contributed by atoms with Crippen molar-refractivity contribution in [3.8, 4) is 0 Å². The Labute approximate surface area is 136 Å². The van der Waals surface area contributed by atoms with Crippen LogP contribution in [0.4, 0.5) is 10.9 Å². The van der Waals surface area contributed by atoms with Crippen molar-refractivity contribution in [1.29, 1.82) is 0 Å². The first-order valence-corrected chi connectivity index (χ1v) is 8.12. The van der Waals surface area contributed by atoms with Gasteiger partial charge in [0.1, 0.15) is 10.7 Å². The minimum absolute atomic E-state index is 0.211. The molecule has 1 aromatic heterocycles. The summed E-state index contributed by atoms with van der Waals surface area (Å²) in [4.78, 5) is 16.8. The quantitative estimate of drug-likeness (QED) is 0.756. The number of thiazole rings is 1. The minimum atomic E-state index is -0.211. The van der Waals surface area contributed by atoms with E-state index in [0.717, 1.165) is 10.0 Å². The number of nitrogens with two attached hydrogens (primary N) is 1. The molecule has 4 N–H and O–H groups in total. The lowest BCUT2D eigenvalue weighted by Gasteiger charge is -2.06. The molecule has 1 amide bonds. The van der Waals surface area contributed by atoms with Crippen molar-refractivity contribution in [3.63, 3.8) is 0 Å². The van der Waals surface area contributed by atoms with E-state index in [2.05, 4.69) is 31.5 Å². The van der Waals surface area contributed by atoms with Crippen molar-refractivity contribution < 1.29 is 4.79 Å². The Balaban J connectivity index is 2.04.